The Hall–Kier alpha value is -2.35. The first-order valence-corrected chi connectivity index (χ1v) is 4.97. The molecule has 0 aromatic carbocycles. The Kier molecular flexibility index (Phi) is 2.83. The van der Waals surface area contributed by atoms with Crippen LogP contribution in [0.4, 0.5) is 11.4 Å². The quantitative estimate of drug-likeness (QED) is 0.845. The topological polar surface area (TPSA) is 66.5 Å². The van der Waals surface area contributed by atoms with Gasteiger partial charge in [-0.1, -0.05) is 0 Å². The van der Waals surface area contributed by atoms with Crippen LogP contribution in [0.2, 0.25) is 0 Å². The zero-order valence-corrected chi connectivity index (χ0v) is 8.88. The summed E-state index contributed by atoms with van der Waals surface area (Å²) in [4.78, 5) is 3.98. The number of hydrogen-bond acceptors (Lipinski definition) is 4. The van der Waals surface area contributed by atoms with Gasteiger partial charge in [0, 0.05) is 18.9 Å². The lowest BCUT2D eigenvalue weighted by atomic mass is 10.2. The highest BCUT2D eigenvalue weighted by Gasteiger charge is 2.03. The minimum Gasteiger partial charge on any atom is -0.351 e. The summed E-state index contributed by atoms with van der Waals surface area (Å²) in [6.07, 6.45) is 6.83. The third kappa shape index (κ3) is 2.01. The van der Waals surface area contributed by atoms with Crippen molar-refractivity contribution in [3.8, 4) is 6.07 Å². The Bertz CT molecular complexity index is 523. The second-order valence-corrected chi connectivity index (χ2v) is 3.24. The van der Waals surface area contributed by atoms with Gasteiger partial charge in [-0.15, -0.1) is 0 Å². The molecule has 0 radical (unpaired) electrons. The highest BCUT2D eigenvalue weighted by molar-refractivity contribution is 5.64. The first-order valence-electron chi connectivity index (χ1n) is 4.97. The highest BCUT2D eigenvalue weighted by atomic mass is 15.3. The second-order valence-electron chi connectivity index (χ2n) is 3.24. The fraction of sp³-hybridized carbons (Fsp3) is 0.182. The van der Waals surface area contributed by atoms with Gasteiger partial charge in [0.25, 0.3) is 0 Å². The molecule has 2 heterocycles. The van der Waals surface area contributed by atoms with E-state index >= 15 is 0 Å². The van der Waals surface area contributed by atoms with E-state index in [1.165, 1.54) is 0 Å². The van der Waals surface area contributed by atoms with E-state index in [4.69, 9.17) is 5.26 Å². The largest absolute Gasteiger partial charge is 0.351 e. The van der Waals surface area contributed by atoms with Gasteiger partial charge in [0.15, 0.2) is 0 Å². The third-order valence-electron chi connectivity index (χ3n) is 2.18. The average molecular weight is 213 g/mol. The summed E-state index contributed by atoms with van der Waals surface area (Å²) in [6.45, 7) is 2.83. The maximum atomic E-state index is 8.91. The Morgan fingerprint density at radius 1 is 1.50 bits per heavy atom. The van der Waals surface area contributed by atoms with Gasteiger partial charge >= 0.3 is 0 Å². The zero-order valence-electron chi connectivity index (χ0n) is 8.88. The molecule has 5 nitrogen and oxygen atoms in total. The molecule has 2 aromatic rings. The molecule has 0 atom stereocenters. The average Bonchev–Trinajstić information content (AvgIpc) is 2.77. The minimum atomic E-state index is 0.569. The van der Waals surface area contributed by atoms with Crippen molar-refractivity contribution in [1.29, 1.82) is 5.26 Å². The van der Waals surface area contributed by atoms with Gasteiger partial charge < -0.3 is 5.32 Å². The first kappa shape index (κ1) is 10.2. The molecule has 0 aliphatic heterocycles. The molecular formula is C11H11N5. The summed E-state index contributed by atoms with van der Waals surface area (Å²) in [5, 5.41) is 16.2. The van der Waals surface area contributed by atoms with Crippen LogP contribution < -0.4 is 5.32 Å². The molecule has 2 rings (SSSR count). The minimum absolute atomic E-state index is 0.569. The van der Waals surface area contributed by atoms with Crippen LogP contribution in [-0.4, -0.2) is 14.8 Å². The molecule has 0 fully saturated rings. The molecule has 0 saturated carbocycles. The normalized spacial score (nSPS) is 9.75. The highest BCUT2D eigenvalue weighted by Crippen LogP contribution is 2.18. The van der Waals surface area contributed by atoms with Crippen LogP contribution in [0.15, 0.2) is 30.9 Å². The number of nitrogens with zero attached hydrogens (tertiary/aromatic N) is 4. The van der Waals surface area contributed by atoms with Gasteiger partial charge in [-0.05, 0) is 13.0 Å². The lowest BCUT2D eigenvalue weighted by molar-refractivity contribution is 0.660. The van der Waals surface area contributed by atoms with Crippen LogP contribution in [0.3, 0.4) is 0 Å². The van der Waals surface area contributed by atoms with E-state index in [1.807, 2.05) is 17.8 Å². The molecular weight excluding hydrogens is 202 g/mol. The van der Waals surface area contributed by atoms with Crippen molar-refractivity contribution in [1.82, 2.24) is 14.8 Å². The molecule has 0 unspecified atom stereocenters. The molecule has 0 aliphatic rings. The molecule has 80 valence electrons. The van der Waals surface area contributed by atoms with Crippen LogP contribution in [0.5, 0.6) is 0 Å². The SMILES string of the molecule is CCn1cc(Nc2cnccc2C#N)cn1. The number of aryl methyl sites for hydroxylation is 1. The second kappa shape index (κ2) is 4.45. The van der Waals surface area contributed by atoms with E-state index in [0.29, 0.717) is 11.3 Å². The van der Waals surface area contributed by atoms with E-state index < -0.39 is 0 Å². The van der Waals surface area contributed by atoms with Crippen molar-refractivity contribution in [2.75, 3.05) is 5.32 Å². The summed E-state index contributed by atoms with van der Waals surface area (Å²) in [5.74, 6) is 0. The predicted molar refractivity (Wildman–Crippen MR) is 60.1 cm³/mol. The van der Waals surface area contributed by atoms with E-state index in [2.05, 4.69) is 21.5 Å². The number of nitriles is 1. The van der Waals surface area contributed by atoms with E-state index in [1.54, 1.807) is 24.7 Å². The number of anilines is 2. The summed E-state index contributed by atoms with van der Waals surface area (Å²) in [6, 6.07) is 3.78. The van der Waals surface area contributed by atoms with Gasteiger partial charge in [-0.3, -0.25) is 9.67 Å². The zero-order chi connectivity index (χ0) is 11.4. The summed E-state index contributed by atoms with van der Waals surface area (Å²) in [7, 11) is 0. The van der Waals surface area contributed by atoms with Crippen LogP contribution in [0, 0.1) is 11.3 Å². The van der Waals surface area contributed by atoms with Gasteiger partial charge in [0.2, 0.25) is 0 Å². The standard InChI is InChI=1S/C11H11N5/c1-2-16-8-10(6-14-16)15-11-7-13-4-3-9(11)5-12/h3-4,6-8,15H,2H2,1H3. The van der Waals surface area contributed by atoms with Crippen molar-refractivity contribution in [3.05, 3.63) is 36.4 Å². The molecule has 2 aromatic heterocycles. The smallest absolute Gasteiger partial charge is 0.101 e. The summed E-state index contributed by atoms with van der Waals surface area (Å²) in [5.41, 5.74) is 2.12. The summed E-state index contributed by atoms with van der Waals surface area (Å²) >= 11 is 0. The summed E-state index contributed by atoms with van der Waals surface area (Å²) < 4.78 is 1.81. The maximum Gasteiger partial charge on any atom is 0.101 e. The van der Waals surface area contributed by atoms with Crippen molar-refractivity contribution in [3.63, 3.8) is 0 Å². The number of rotatable bonds is 3. The molecule has 0 amide bonds. The molecule has 0 spiro atoms. The number of nitrogens with one attached hydrogen (secondary N) is 1. The lowest BCUT2D eigenvalue weighted by Crippen LogP contribution is -1.94. The Morgan fingerprint density at radius 2 is 2.38 bits per heavy atom. The fourth-order valence-corrected chi connectivity index (χ4v) is 1.35. The first-order chi connectivity index (χ1) is 7.83. The lowest BCUT2D eigenvalue weighted by Gasteiger charge is -2.03. The third-order valence-corrected chi connectivity index (χ3v) is 2.18. The van der Waals surface area contributed by atoms with Crippen molar-refractivity contribution >= 4 is 11.4 Å². The van der Waals surface area contributed by atoms with Crippen LogP contribution >= 0.6 is 0 Å². The van der Waals surface area contributed by atoms with Gasteiger partial charge in [-0.2, -0.15) is 10.4 Å². The van der Waals surface area contributed by atoms with Crippen molar-refractivity contribution in [2.24, 2.45) is 0 Å². The maximum absolute atomic E-state index is 8.91. The molecule has 0 saturated heterocycles. The monoisotopic (exact) mass is 213 g/mol. The van der Waals surface area contributed by atoms with Crippen molar-refractivity contribution < 1.29 is 0 Å². The molecule has 0 bridgehead atoms. The molecule has 0 aliphatic carbocycles. The van der Waals surface area contributed by atoms with Crippen LogP contribution in [0.25, 0.3) is 0 Å². The van der Waals surface area contributed by atoms with Crippen LogP contribution in [-0.2, 0) is 6.54 Å². The van der Waals surface area contributed by atoms with Crippen LogP contribution in [0.1, 0.15) is 12.5 Å². The number of aromatic nitrogens is 3. The van der Waals surface area contributed by atoms with Gasteiger partial charge in [0.05, 0.1) is 29.3 Å². The molecule has 16 heavy (non-hydrogen) atoms. The Balaban J connectivity index is 2.24. The van der Waals surface area contributed by atoms with Gasteiger partial charge in [0.1, 0.15) is 6.07 Å². The van der Waals surface area contributed by atoms with Crippen molar-refractivity contribution in [2.45, 2.75) is 13.5 Å². The number of hydrogen-bond donors (Lipinski definition) is 1. The van der Waals surface area contributed by atoms with E-state index in [0.717, 1.165) is 12.2 Å². The predicted octanol–water partition coefficient (Wildman–Crippen LogP) is 1.91. The fourth-order valence-electron chi connectivity index (χ4n) is 1.35. The number of pyridine rings is 1. The Labute approximate surface area is 93.4 Å². The Morgan fingerprint density at radius 3 is 3.06 bits per heavy atom. The van der Waals surface area contributed by atoms with E-state index in [-0.39, 0.29) is 0 Å². The van der Waals surface area contributed by atoms with E-state index in [9.17, 15) is 0 Å². The molecule has 5 heteroatoms. The molecule has 1 N–H and O–H groups in total. The van der Waals surface area contributed by atoms with Gasteiger partial charge in [-0.25, -0.2) is 0 Å².